The van der Waals surface area contributed by atoms with Gasteiger partial charge in [-0.3, -0.25) is 4.79 Å². The minimum absolute atomic E-state index is 0.157. The molecule has 6 heteroatoms. The van der Waals surface area contributed by atoms with E-state index in [4.69, 9.17) is 28.9 Å². The van der Waals surface area contributed by atoms with Crippen molar-refractivity contribution in [3.8, 4) is 0 Å². The largest absolute Gasteiger partial charge is 0.351 e. The first-order chi connectivity index (χ1) is 8.54. The number of hydrogen-bond donors (Lipinski definition) is 2. The maximum absolute atomic E-state index is 11.7. The van der Waals surface area contributed by atoms with Gasteiger partial charge in [0.2, 0.25) is 5.91 Å². The fraction of sp³-hybridized carbons (Fsp3) is 0.417. The van der Waals surface area contributed by atoms with Gasteiger partial charge in [-0.1, -0.05) is 29.3 Å². The summed E-state index contributed by atoms with van der Waals surface area (Å²) in [6.45, 7) is 0.363. The van der Waals surface area contributed by atoms with Gasteiger partial charge in [-0.25, -0.2) is 0 Å². The number of amides is 1. The van der Waals surface area contributed by atoms with E-state index in [1.54, 1.807) is 30.0 Å². The second-order valence-corrected chi connectivity index (χ2v) is 5.67. The summed E-state index contributed by atoms with van der Waals surface area (Å²) in [6, 6.07) is 4.71. The van der Waals surface area contributed by atoms with Crippen molar-refractivity contribution < 1.29 is 4.79 Å². The average molecular weight is 307 g/mol. The number of benzene rings is 1. The molecule has 0 aliphatic rings. The lowest BCUT2D eigenvalue weighted by molar-refractivity contribution is -0.122. The fourth-order valence-electron chi connectivity index (χ4n) is 1.35. The molecule has 1 amide bonds. The molecule has 1 aromatic rings. The van der Waals surface area contributed by atoms with Crippen LogP contribution in [-0.2, 0) is 11.3 Å². The predicted octanol–water partition coefficient (Wildman–Crippen LogP) is 2.69. The second kappa shape index (κ2) is 7.89. The first-order valence-electron chi connectivity index (χ1n) is 5.50. The van der Waals surface area contributed by atoms with Crippen LogP contribution in [0.15, 0.2) is 18.2 Å². The number of nitrogens with one attached hydrogen (secondary N) is 1. The summed E-state index contributed by atoms with van der Waals surface area (Å²) in [7, 11) is 0. The maximum atomic E-state index is 11.7. The van der Waals surface area contributed by atoms with Crippen LogP contribution in [0, 0.1) is 0 Å². The Hall–Kier alpha value is -0.420. The SMILES string of the molecule is CSCC[C@H](N)C(=O)NCc1ccc(Cl)cc1Cl. The summed E-state index contributed by atoms with van der Waals surface area (Å²) in [5.41, 5.74) is 6.58. The van der Waals surface area contributed by atoms with Crippen LogP contribution < -0.4 is 11.1 Å². The van der Waals surface area contributed by atoms with Crippen LogP contribution in [-0.4, -0.2) is 24.0 Å². The van der Waals surface area contributed by atoms with Crippen LogP contribution in [0.2, 0.25) is 10.0 Å². The standard InChI is InChI=1S/C12H16Cl2N2OS/c1-18-5-4-11(15)12(17)16-7-8-2-3-9(13)6-10(8)14/h2-3,6,11H,4-5,7,15H2,1H3,(H,16,17)/t11-/m0/s1. The first-order valence-corrected chi connectivity index (χ1v) is 7.65. The molecule has 0 bridgehead atoms. The molecule has 0 saturated heterocycles. The van der Waals surface area contributed by atoms with Crippen molar-refractivity contribution in [1.29, 1.82) is 0 Å². The van der Waals surface area contributed by atoms with Crippen molar-refractivity contribution in [3.05, 3.63) is 33.8 Å². The summed E-state index contributed by atoms with van der Waals surface area (Å²) in [6.07, 6.45) is 2.65. The van der Waals surface area contributed by atoms with Gasteiger partial charge in [0.05, 0.1) is 6.04 Å². The van der Waals surface area contributed by atoms with Gasteiger partial charge >= 0.3 is 0 Å². The van der Waals surface area contributed by atoms with Crippen molar-refractivity contribution in [1.82, 2.24) is 5.32 Å². The molecule has 1 aromatic carbocycles. The summed E-state index contributed by atoms with van der Waals surface area (Å²) >= 11 is 13.5. The summed E-state index contributed by atoms with van der Waals surface area (Å²) in [5, 5.41) is 3.88. The lowest BCUT2D eigenvalue weighted by Gasteiger charge is -2.12. The maximum Gasteiger partial charge on any atom is 0.237 e. The van der Waals surface area contributed by atoms with Crippen molar-refractivity contribution in [2.75, 3.05) is 12.0 Å². The van der Waals surface area contributed by atoms with Gasteiger partial charge in [-0.15, -0.1) is 0 Å². The lowest BCUT2D eigenvalue weighted by atomic mass is 10.2. The normalized spacial score (nSPS) is 12.2. The molecule has 0 aromatic heterocycles. The van der Waals surface area contributed by atoms with E-state index in [0.29, 0.717) is 23.0 Å². The minimum Gasteiger partial charge on any atom is -0.351 e. The van der Waals surface area contributed by atoms with Gasteiger partial charge in [-0.2, -0.15) is 11.8 Å². The molecule has 3 N–H and O–H groups in total. The molecule has 100 valence electrons. The Morgan fingerprint density at radius 1 is 1.50 bits per heavy atom. The van der Waals surface area contributed by atoms with E-state index in [0.717, 1.165) is 11.3 Å². The third kappa shape index (κ3) is 5.06. The molecule has 0 aliphatic heterocycles. The lowest BCUT2D eigenvalue weighted by Crippen LogP contribution is -2.40. The molecule has 0 fully saturated rings. The van der Waals surface area contributed by atoms with Crippen LogP contribution >= 0.6 is 35.0 Å². The Morgan fingerprint density at radius 3 is 2.83 bits per heavy atom. The molecule has 0 saturated carbocycles. The molecule has 0 unspecified atom stereocenters. The highest BCUT2D eigenvalue weighted by Gasteiger charge is 2.12. The smallest absolute Gasteiger partial charge is 0.237 e. The molecule has 0 radical (unpaired) electrons. The highest BCUT2D eigenvalue weighted by molar-refractivity contribution is 7.98. The van der Waals surface area contributed by atoms with Crippen molar-refractivity contribution in [2.24, 2.45) is 5.73 Å². The number of halogens is 2. The third-order valence-corrected chi connectivity index (χ3v) is 3.67. The van der Waals surface area contributed by atoms with E-state index in [9.17, 15) is 4.79 Å². The van der Waals surface area contributed by atoms with Gasteiger partial charge in [0.1, 0.15) is 0 Å². The summed E-state index contributed by atoms with van der Waals surface area (Å²) in [4.78, 5) is 11.7. The predicted molar refractivity (Wildman–Crippen MR) is 79.3 cm³/mol. The van der Waals surface area contributed by atoms with Crippen LogP contribution in [0.25, 0.3) is 0 Å². The van der Waals surface area contributed by atoms with Crippen LogP contribution in [0.5, 0.6) is 0 Å². The fourth-order valence-corrected chi connectivity index (χ4v) is 2.32. The first kappa shape index (κ1) is 15.6. The Morgan fingerprint density at radius 2 is 2.22 bits per heavy atom. The Kier molecular flexibility index (Phi) is 6.86. The van der Waals surface area contributed by atoms with Crippen molar-refractivity contribution in [3.63, 3.8) is 0 Å². The quantitative estimate of drug-likeness (QED) is 0.849. The Balaban J connectivity index is 2.47. The molecule has 18 heavy (non-hydrogen) atoms. The molecule has 1 rings (SSSR count). The van der Waals surface area contributed by atoms with Gasteiger partial charge in [0.15, 0.2) is 0 Å². The molecular formula is C12H16Cl2N2OS. The van der Waals surface area contributed by atoms with Gasteiger partial charge in [0, 0.05) is 16.6 Å². The number of carbonyl (C=O) groups excluding carboxylic acids is 1. The molecule has 0 spiro atoms. The highest BCUT2D eigenvalue weighted by Crippen LogP contribution is 2.20. The average Bonchev–Trinajstić information content (AvgIpc) is 2.34. The van der Waals surface area contributed by atoms with Crippen LogP contribution in [0.3, 0.4) is 0 Å². The zero-order valence-electron chi connectivity index (χ0n) is 10.1. The van der Waals surface area contributed by atoms with E-state index in [1.165, 1.54) is 0 Å². The van der Waals surface area contributed by atoms with Gasteiger partial charge < -0.3 is 11.1 Å². The van der Waals surface area contributed by atoms with E-state index >= 15 is 0 Å². The third-order valence-electron chi connectivity index (χ3n) is 2.44. The Labute approximate surface area is 121 Å². The number of rotatable bonds is 6. The topological polar surface area (TPSA) is 55.1 Å². The van der Waals surface area contributed by atoms with E-state index < -0.39 is 6.04 Å². The van der Waals surface area contributed by atoms with E-state index in [2.05, 4.69) is 5.32 Å². The summed E-state index contributed by atoms with van der Waals surface area (Å²) < 4.78 is 0. The second-order valence-electron chi connectivity index (χ2n) is 3.84. The zero-order valence-corrected chi connectivity index (χ0v) is 12.4. The number of carbonyl (C=O) groups is 1. The zero-order chi connectivity index (χ0) is 13.5. The van der Waals surface area contributed by atoms with Crippen molar-refractivity contribution in [2.45, 2.75) is 19.0 Å². The van der Waals surface area contributed by atoms with Crippen LogP contribution in [0.1, 0.15) is 12.0 Å². The molecule has 0 aliphatic carbocycles. The number of thioether (sulfide) groups is 1. The molecule has 1 atom stereocenters. The number of hydrogen-bond acceptors (Lipinski definition) is 3. The molecule has 3 nitrogen and oxygen atoms in total. The van der Waals surface area contributed by atoms with E-state index in [-0.39, 0.29) is 5.91 Å². The summed E-state index contributed by atoms with van der Waals surface area (Å²) in [5.74, 6) is 0.714. The Bertz CT molecular complexity index is 415. The van der Waals surface area contributed by atoms with Crippen LogP contribution in [0.4, 0.5) is 0 Å². The monoisotopic (exact) mass is 306 g/mol. The highest BCUT2D eigenvalue weighted by atomic mass is 35.5. The van der Waals surface area contributed by atoms with Gasteiger partial charge in [0.25, 0.3) is 0 Å². The van der Waals surface area contributed by atoms with Gasteiger partial charge in [-0.05, 0) is 36.1 Å². The molecular weight excluding hydrogens is 291 g/mol. The number of nitrogens with two attached hydrogens (primary N) is 1. The van der Waals surface area contributed by atoms with E-state index in [1.807, 2.05) is 6.26 Å². The molecule has 0 heterocycles. The van der Waals surface area contributed by atoms with Crippen molar-refractivity contribution >= 4 is 40.9 Å². The minimum atomic E-state index is -0.469.